The fourth-order valence-electron chi connectivity index (χ4n) is 2.64. The zero-order valence-electron chi connectivity index (χ0n) is 13.2. The van der Waals surface area contributed by atoms with Crippen molar-refractivity contribution < 1.29 is 17.6 Å². The average Bonchev–Trinajstić information content (AvgIpc) is 2.87. The van der Waals surface area contributed by atoms with Gasteiger partial charge in [0.05, 0.1) is 17.3 Å². The molecule has 4 nitrogen and oxygen atoms in total. The monoisotopic (exact) mass is 359 g/mol. The Kier molecular flexibility index (Phi) is 6.47. The lowest BCUT2D eigenvalue weighted by Crippen LogP contribution is -2.42. The van der Waals surface area contributed by atoms with Crippen molar-refractivity contribution in [1.82, 2.24) is 4.90 Å². The van der Waals surface area contributed by atoms with Gasteiger partial charge in [-0.05, 0) is 25.0 Å². The molecule has 128 valence electrons. The van der Waals surface area contributed by atoms with Crippen molar-refractivity contribution >= 4 is 27.5 Å². The van der Waals surface area contributed by atoms with Crippen LogP contribution in [0.5, 0.6) is 0 Å². The molecular formula is C16H22FNO3S2. The van der Waals surface area contributed by atoms with Gasteiger partial charge in [-0.3, -0.25) is 4.79 Å². The molecule has 0 aromatic heterocycles. The fourth-order valence-corrected chi connectivity index (χ4v) is 5.20. The van der Waals surface area contributed by atoms with Crippen LogP contribution in [0.25, 0.3) is 0 Å². The number of halogens is 1. The van der Waals surface area contributed by atoms with E-state index < -0.39 is 9.84 Å². The molecule has 0 bridgehead atoms. The predicted octanol–water partition coefficient (Wildman–Crippen LogP) is 2.73. The largest absolute Gasteiger partial charge is 0.338 e. The number of rotatable bonds is 7. The molecule has 1 amide bonds. The van der Waals surface area contributed by atoms with Gasteiger partial charge < -0.3 is 4.90 Å². The molecule has 1 aliphatic rings. The predicted molar refractivity (Wildman–Crippen MR) is 90.8 cm³/mol. The molecule has 1 aliphatic heterocycles. The number of amides is 1. The zero-order chi connectivity index (χ0) is 16.9. The van der Waals surface area contributed by atoms with E-state index >= 15 is 0 Å². The standard InChI is InChI=1S/C16H22FNO3S2/c1-2-3-9-18(13-8-10-23(20,21)12-13)16(19)11-22-15-7-5-4-6-14(15)17/h4-7,13H,2-3,8-12H2,1H3. The van der Waals surface area contributed by atoms with Gasteiger partial charge in [0.2, 0.25) is 5.91 Å². The van der Waals surface area contributed by atoms with E-state index in [9.17, 15) is 17.6 Å². The summed E-state index contributed by atoms with van der Waals surface area (Å²) in [5, 5.41) is 0. The van der Waals surface area contributed by atoms with Gasteiger partial charge in [0.1, 0.15) is 5.82 Å². The molecule has 1 aromatic carbocycles. The Morgan fingerprint density at radius 3 is 2.74 bits per heavy atom. The number of thioether (sulfide) groups is 1. The first-order chi connectivity index (χ1) is 10.9. The summed E-state index contributed by atoms with van der Waals surface area (Å²) in [5.74, 6) is -0.134. The number of benzene rings is 1. The van der Waals surface area contributed by atoms with E-state index in [2.05, 4.69) is 0 Å². The maximum absolute atomic E-state index is 13.6. The minimum Gasteiger partial charge on any atom is -0.338 e. The smallest absolute Gasteiger partial charge is 0.233 e. The van der Waals surface area contributed by atoms with Crippen LogP contribution in [0.2, 0.25) is 0 Å². The molecule has 7 heteroatoms. The van der Waals surface area contributed by atoms with Crippen molar-refractivity contribution in [2.45, 2.75) is 37.1 Å². The molecule has 1 unspecified atom stereocenters. The summed E-state index contributed by atoms with van der Waals surface area (Å²) < 4.78 is 37.0. The number of unbranched alkanes of at least 4 members (excludes halogenated alkanes) is 1. The summed E-state index contributed by atoms with van der Waals surface area (Å²) in [6.45, 7) is 2.59. The van der Waals surface area contributed by atoms with Crippen LogP contribution in [0.1, 0.15) is 26.2 Å². The first kappa shape index (κ1) is 18.3. The first-order valence-electron chi connectivity index (χ1n) is 7.80. The topological polar surface area (TPSA) is 54.5 Å². The van der Waals surface area contributed by atoms with Gasteiger partial charge >= 0.3 is 0 Å². The lowest BCUT2D eigenvalue weighted by Gasteiger charge is -2.28. The van der Waals surface area contributed by atoms with Crippen LogP contribution >= 0.6 is 11.8 Å². The normalized spacial score (nSPS) is 19.7. The number of hydrogen-bond acceptors (Lipinski definition) is 4. The number of carbonyl (C=O) groups is 1. The maximum atomic E-state index is 13.6. The molecule has 1 heterocycles. The van der Waals surface area contributed by atoms with Gasteiger partial charge in [0.25, 0.3) is 0 Å². The van der Waals surface area contributed by atoms with E-state index in [0.29, 0.717) is 17.9 Å². The van der Waals surface area contributed by atoms with Crippen LogP contribution in [-0.4, -0.2) is 49.1 Å². The Labute approximate surface area is 141 Å². The summed E-state index contributed by atoms with van der Waals surface area (Å²) in [7, 11) is -3.03. The van der Waals surface area contributed by atoms with Crippen LogP contribution in [0, 0.1) is 5.82 Å². The number of hydrogen-bond donors (Lipinski definition) is 0. The third kappa shape index (κ3) is 5.21. The Morgan fingerprint density at radius 1 is 1.39 bits per heavy atom. The molecule has 0 saturated carbocycles. The Hall–Kier alpha value is -1.08. The van der Waals surface area contributed by atoms with Crippen LogP contribution < -0.4 is 0 Å². The van der Waals surface area contributed by atoms with Gasteiger partial charge in [-0.2, -0.15) is 0 Å². The second kappa shape index (κ2) is 8.15. The molecule has 0 N–H and O–H groups in total. The SMILES string of the molecule is CCCCN(C(=O)CSc1ccccc1F)C1CCS(=O)(=O)C1. The highest BCUT2D eigenvalue weighted by Crippen LogP contribution is 2.24. The van der Waals surface area contributed by atoms with Crippen molar-refractivity contribution in [3.63, 3.8) is 0 Å². The molecule has 0 spiro atoms. The molecular weight excluding hydrogens is 337 g/mol. The summed E-state index contributed by atoms with van der Waals surface area (Å²) in [4.78, 5) is 14.6. The summed E-state index contributed by atoms with van der Waals surface area (Å²) >= 11 is 1.16. The minimum atomic E-state index is -3.03. The number of sulfone groups is 1. The Bertz CT molecular complexity index is 648. The zero-order valence-corrected chi connectivity index (χ0v) is 14.8. The van der Waals surface area contributed by atoms with Gasteiger partial charge in [-0.15, -0.1) is 11.8 Å². The second-order valence-corrected chi connectivity index (χ2v) is 8.96. The van der Waals surface area contributed by atoms with Crippen molar-refractivity contribution in [1.29, 1.82) is 0 Å². The molecule has 2 rings (SSSR count). The summed E-state index contributed by atoms with van der Waals surface area (Å²) in [6.07, 6.45) is 2.28. The van der Waals surface area contributed by atoms with E-state index in [1.807, 2.05) is 6.92 Å². The fraction of sp³-hybridized carbons (Fsp3) is 0.562. The van der Waals surface area contributed by atoms with Gasteiger partial charge in [-0.1, -0.05) is 25.5 Å². The molecule has 1 fully saturated rings. The minimum absolute atomic E-state index is 0.0484. The highest BCUT2D eigenvalue weighted by atomic mass is 32.2. The Balaban J connectivity index is 2.00. The van der Waals surface area contributed by atoms with Crippen LogP contribution in [0.15, 0.2) is 29.2 Å². The van der Waals surface area contributed by atoms with Crippen molar-refractivity contribution in [3.05, 3.63) is 30.1 Å². The van der Waals surface area contributed by atoms with Gasteiger partial charge in [0.15, 0.2) is 9.84 Å². The first-order valence-corrected chi connectivity index (χ1v) is 10.6. The molecule has 1 atom stereocenters. The molecule has 0 aliphatic carbocycles. The van der Waals surface area contributed by atoms with Gasteiger partial charge in [-0.25, -0.2) is 12.8 Å². The van der Waals surface area contributed by atoms with Gasteiger partial charge in [0, 0.05) is 17.5 Å². The molecule has 0 radical (unpaired) electrons. The lowest BCUT2D eigenvalue weighted by molar-refractivity contribution is -0.130. The molecule has 23 heavy (non-hydrogen) atoms. The summed E-state index contributed by atoms with van der Waals surface area (Å²) in [6, 6.07) is 6.11. The van der Waals surface area contributed by atoms with E-state index in [0.717, 1.165) is 24.6 Å². The van der Waals surface area contributed by atoms with Crippen LogP contribution in [-0.2, 0) is 14.6 Å². The van der Waals surface area contributed by atoms with Crippen molar-refractivity contribution in [3.8, 4) is 0 Å². The lowest BCUT2D eigenvalue weighted by atomic mass is 10.2. The molecule has 1 saturated heterocycles. The van der Waals surface area contributed by atoms with Crippen molar-refractivity contribution in [2.75, 3.05) is 23.8 Å². The second-order valence-electron chi connectivity index (χ2n) is 5.72. The number of nitrogens with zero attached hydrogens (tertiary/aromatic N) is 1. The summed E-state index contributed by atoms with van der Waals surface area (Å²) in [5.41, 5.74) is 0. The average molecular weight is 359 g/mol. The van der Waals surface area contributed by atoms with E-state index in [4.69, 9.17) is 0 Å². The molecule has 1 aromatic rings. The quantitative estimate of drug-likeness (QED) is 0.703. The van der Waals surface area contributed by atoms with E-state index in [-0.39, 0.29) is 35.0 Å². The van der Waals surface area contributed by atoms with Crippen LogP contribution in [0.4, 0.5) is 4.39 Å². The van der Waals surface area contributed by atoms with Crippen molar-refractivity contribution in [2.24, 2.45) is 0 Å². The third-order valence-electron chi connectivity index (χ3n) is 3.91. The maximum Gasteiger partial charge on any atom is 0.233 e. The highest BCUT2D eigenvalue weighted by Gasteiger charge is 2.34. The van der Waals surface area contributed by atoms with Crippen LogP contribution in [0.3, 0.4) is 0 Å². The number of carbonyl (C=O) groups excluding carboxylic acids is 1. The Morgan fingerprint density at radius 2 is 2.13 bits per heavy atom. The third-order valence-corrected chi connectivity index (χ3v) is 6.69. The van der Waals surface area contributed by atoms with E-state index in [1.54, 1.807) is 23.1 Å². The van der Waals surface area contributed by atoms with E-state index in [1.165, 1.54) is 6.07 Å². The highest BCUT2D eigenvalue weighted by molar-refractivity contribution is 8.00.